The van der Waals surface area contributed by atoms with E-state index in [1.54, 1.807) is 11.7 Å². The molecule has 1 heterocycles. The molecule has 0 saturated heterocycles. The van der Waals surface area contributed by atoms with Crippen molar-refractivity contribution in [2.45, 2.75) is 19.6 Å². The average Bonchev–Trinajstić information content (AvgIpc) is 2.52. The third-order valence-corrected chi connectivity index (χ3v) is 1.72. The predicted octanol–water partition coefficient (Wildman–Crippen LogP) is 0.156. The van der Waals surface area contributed by atoms with Gasteiger partial charge in [-0.1, -0.05) is 0 Å². The minimum Gasteiger partial charge on any atom is -0.385 e. The van der Waals surface area contributed by atoms with Gasteiger partial charge in [0.2, 0.25) is 0 Å². The Labute approximate surface area is 72.2 Å². The van der Waals surface area contributed by atoms with E-state index in [1.165, 1.54) is 0 Å². The molecule has 0 aliphatic rings. The van der Waals surface area contributed by atoms with Crippen LogP contribution in [-0.4, -0.2) is 28.5 Å². The molecule has 4 heteroatoms. The van der Waals surface area contributed by atoms with E-state index in [9.17, 15) is 5.11 Å². The molecule has 0 aliphatic heterocycles. The molecule has 12 heavy (non-hydrogen) atoms. The Hall–Kier alpha value is -0.870. The Bertz CT molecular complexity index is 234. The lowest BCUT2D eigenvalue weighted by Gasteiger charge is -2.05. The molecule has 0 bridgehead atoms. The van der Waals surface area contributed by atoms with E-state index >= 15 is 0 Å². The Morgan fingerprint density at radius 2 is 2.50 bits per heavy atom. The third kappa shape index (κ3) is 2.06. The van der Waals surface area contributed by atoms with Crippen molar-refractivity contribution >= 4 is 0 Å². The summed E-state index contributed by atoms with van der Waals surface area (Å²) in [4.78, 5) is 0. The first kappa shape index (κ1) is 9.22. The molecule has 1 atom stereocenters. The highest BCUT2D eigenvalue weighted by Crippen LogP contribution is 2.07. The van der Waals surface area contributed by atoms with Gasteiger partial charge in [0, 0.05) is 19.3 Å². The number of hydrogen-bond acceptors (Lipinski definition) is 3. The summed E-state index contributed by atoms with van der Waals surface area (Å²) < 4.78 is 1.80. The quantitative estimate of drug-likeness (QED) is 0.675. The molecule has 0 spiro atoms. The molecule has 0 fully saturated rings. The van der Waals surface area contributed by atoms with E-state index in [2.05, 4.69) is 10.4 Å². The van der Waals surface area contributed by atoms with Gasteiger partial charge in [-0.3, -0.25) is 4.68 Å². The summed E-state index contributed by atoms with van der Waals surface area (Å²) in [7, 11) is 1.81. The Morgan fingerprint density at radius 1 is 1.75 bits per heavy atom. The summed E-state index contributed by atoms with van der Waals surface area (Å²) in [5.41, 5.74) is 0.728. The van der Waals surface area contributed by atoms with Gasteiger partial charge in [-0.2, -0.15) is 5.10 Å². The van der Waals surface area contributed by atoms with E-state index in [-0.39, 0.29) is 0 Å². The largest absolute Gasteiger partial charge is 0.385 e. The summed E-state index contributed by atoms with van der Waals surface area (Å²) in [6, 6.07) is 1.84. The number of hydrogen-bond donors (Lipinski definition) is 2. The van der Waals surface area contributed by atoms with Crippen LogP contribution in [0.5, 0.6) is 0 Å². The van der Waals surface area contributed by atoms with Crippen LogP contribution in [0.25, 0.3) is 0 Å². The second-order valence-corrected chi connectivity index (χ2v) is 2.67. The first-order valence-corrected chi connectivity index (χ1v) is 4.14. The van der Waals surface area contributed by atoms with Crippen LogP contribution in [-0.2, 0) is 6.54 Å². The number of nitrogens with zero attached hydrogens (tertiary/aromatic N) is 2. The SMILES string of the molecule is CCn1ccc(C(O)CNC)n1. The van der Waals surface area contributed by atoms with E-state index in [0.717, 1.165) is 12.2 Å². The molecular weight excluding hydrogens is 154 g/mol. The monoisotopic (exact) mass is 169 g/mol. The molecule has 0 aliphatic carbocycles. The predicted molar refractivity (Wildman–Crippen MR) is 46.8 cm³/mol. The second kappa shape index (κ2) is 4.23. The zero-order valence-corrected chi connectivity index (χ0v) is 7.49. The van der Waals surface area contributed by atoms with Crippen LogP contribution in [0.1, 0.15) is 18.7 Å². The van der Waals surface area contributed by atoms with Crippen molar-refractivity contribution < 1.29 is 5.11 Å². The number of nitrogens with one attached hydrogen (secondary N) is 1. The minimum atomic E-state index is -0.497. The first-order valence-electron chi connectivity index (χ1n) is 4.14. The molecule has 4 nitrogen and oxygen atoms in total. The molecule has 1 rings (SSSR count). The molecule has 68 valence electrons. The maximum Gasteiger partial charge on any atom is 0.110 e. The standard InChI is InChI=1S/C8H15N3O/c1-3-11-5-4-7(10-11)8(12)6-9-2/h4-5,8-9,12H,3,6H2,1-2H3. The van der Waals surface area contributed by atoms with Gasteiger partial charge in [0.25, 0.3) is 0 Å². The highest BCUT2D eigenvalue weighted by atomic mass is 16.3. The van der Waals surface area contributed by atoms with Gasteiger partial charge in [0.1, 0.15) is 6.10 Å². The maximum absolute atomic E-state index is 9.49. The molecule has 1 aromatic rings. The number of aliphatic hydroxyl groups is 1. The number of aliphatic hydroxyl groups excluding tert-OH is 1. The van der Waals surface area contributed by atoms with Crippen LogP contribution in [0.15, 0.2) is 12.3 Å². The second-order valence-electron chi connectivity index (χ2n) is 2.67. The molecule has 1 unspecified atom stereocenters. The van der Waals surface area contributed by atoms with Crippen molar-refractivity contribution in [3.05, 3.63) is 18.0 Å². The van der Waals surface area contributed by atoms with Crippen LogP contribution < -0.4 is 5.32 Å². The van der Waals surface area contributed by atoms with E-state index in [0.29, 0.717) is 6.54 Å². The summed E-state index contributed by atoms with van der Waals surface area (Å²) in [6.07, 6.45) is 1.37. The zero-order valence-electron chi connectivity index (χ0n) is 7.49. The van der Waals surface area contributed by atoms with E-state index < -0.39 is 6.10 Å². The van der Waals surface area contributed by atoms with Crippen LogP contribution in [0.2, 0.25) is 0 Å². The van der Waals surface area contributed by atoms with Crippen molar-refractivity contribution in [3.63, 3.8) is 0 Å². The average molecular weight is 169 g/mol. The van der Waals surface area contributed by atoms with Crippen molar-refractivity contribution in [2.75, 3.05) is 13.6 Å². The summed E-state index contributed by atoms with van der Waals surface area (Å²) in [5.74, 6) is 0. The molecular formula is C8H15N3O. The van der Waals surface area contributed by atoms with E-state index in [1.807, 2.05) is 19.2 Å². The lowest BCUT2D eigenvalue weighted by molar-refractivity contribution is 0.172. The number of likely N-dealkylation sites (N-methyl/N-ethyl adjacent to an activating group) is 1. The van der Waals surface area contributed by atoms with Gasteiger partial charge < -0.3 is 10.4 Å². The van der Waals surface area contributed by atoms with Gasteiger partial charge >= 0.3 is 0 Å². The molecule has 0 aromatic carbocycles. The third-order valence-electron chi connectivity index (χ3n) is 1.72. The van der Waals surface area contributed by atoms with E-state index in [4.69, 9.17) is 0 Å². The minimum absolute atomic E-state index is 0.497. The Balaban J connectivity index is 2.61. The molecule has 2 N–H and O–H groups in total. The number of rotatable bonds is 4. The van der Waals surface area contributed by atoms with Gasteiger partial charge in [-0.15, -0.1) is 0 Å². The smallest absolute Gasteiger partial charge is 0.110 e. The van der Waals surface area contributed by atoms with Gasteiger partial charge in [0.15, 0.2) is 0 Å². The van der Waals surface area contributed by atoms with Crippen molar-refractivity contribution in [2.24, 2.45) is 0 Å². The normalized spacial score (nSPS) is 13.2. The number of aryl methyl sites for hydroxylation is 1. The molecule has 0 saturated carbocycles. The summed E-state index contributed by atoms with van der Waals surface area (Å²) in [6.45, 7) is 3.40. The van der Waals surface area contributed by atoms with Crippen LogP contribution in [0.4, 0.5) is 0 Å². The fraction of sp³-hybridized carbons (Fsp3) is 0.625. The fourth-order valence-corrected chi connectivity index (χ4v) is 1.03. The summed E-state index contributed by atoms with van der Waals surface area (Å²) >= 11 is 0. The van der Waals surface area contributed by atoms with Gasteiger partial charge in [0.05, 0.1) is 5.69 Å². The van der Waals surface area contributed by atoms with Crippen LogP contribution in [0.3, 0.4) is 0 Å². The van der Waals surface area contributed by atoms with Crippen molar-refractivity contribution in [1.82, 2.24) is 15.1 Å². The van der Waals surface area contributed by atoms with Gasteiger partial charge in [-0.25, -0.2) is 0 Å². The summed E-state index contributed by atoms with van der Waals surface area (Å²) in [5, 5.41) is 16.6. The zero-order chi connectivity index (χ0) is 8.97. The highest BCUT2D eigenvalue weighted by molar-refractivity contribution is 5.03. The Morgan fingerprint density at radius 3 is 3.00 bits per heavy atom. The fourth-order valence-electron chi connectivity index (χ4n) is 1.03. The highest BCUT2D eigenvalue weighted by Gasteiger charge is 2.08. The number of aromatic nitrogens is 2. The lowest BCUT2D eigenvalue weighted by Crippen LogP contribution is -2.17. The van der Waals surface area contributed by atoms with Crippen LogP contribution in [0, 0.1) is 0 Å². The first-order chi connectivity index (χ1) is 5.77. The topological polar surface area (TPSA) is 50.1 Å². The van der Waals surface area contributed by atoms with Crippen molar-refractivity contribution in [3.8, 4) is 0 Å². The molecule has 0 radical (unpaired) electrons. The van der Waals surface area contributed by atoms with Crippen LogP contribution >= 0.6 is 0 Å². The molecule has 0 amide bonds. The van der Waals surface area contributed by atoms with Crippen molar-refractivity contribution in [1.29, 1.82) is 0 Å². The Kier molecular flexibility index (Phi) is 3.25. The maximum atomic E-state index is 9.49. The van der Waals surface area contributed by atoms with Gasteiger partial charge in [-0.05, 0) is 20.0 Å². The lowest BCUT2D eigenvalue weighted by atomic mass is 10.2. The molecule has 1 aromatic heterocycles.